The van der Waals surface area contributed by atoms with Crippen molar-refractivity contribution in [2.75, 3.05) is 0 Å². The third kappa shape index (κ3) is 1.92. The maximum atomic E-state index is 5.04. The Kier molecular flexibility index (Phi) is 2.89. The topological polar surface area (TPSA) is 39.0 Å². The van der Waals surface area contributed by atoms with Gasteiger partial charge in [-0.25, -0.2) is 14.4 Å². The van der Waals surface area contributed by atoms with E-state index >= 15 is 0 Å². The van der Waals surface area contributed by atoms with Crippen LogP contribution in [0.5, 0.6) is 0 Å². The first-order chi connectivity index (χ1) is 15.4. The maximum Gasteiger partial charge on any atom is 0.223 e. The van der Waals surface area contributed by atoms with Crippen molar-refractivity contribution in [2.24, 2.45) is 0 Å². The molecule has 0 aliphatic heterocycles. The zero-order chi connectivity index (χ0) is 20.1. The number of para-hydroxylation sites is 4. The van der Waals surface area contributed by atoms with Crippen molar-refractivity contribution in [1.82, 2.24) is 23.2 Å². The molecule has 0 N–H and O–H groups in total. The van der Waals surface area contributed by atoms with Crippen molar-refractivity contribution >= 4 is 50.2 Å². The highest BCUT2D eigenvalue weighted by atomic mass is 15.3. The van der Waals surface area contributed by atoms with E-state index in [9.17, 15) is 0 Å². The Morgan fingerprint density at radius 1 is 0.613 bits per heavy atom. The van der Waals surface area contributed by atoms with Crippen LogP contribution in [0.4, 0.5) is 0 Å². The molecule has 0 amide bonds. The van der Waals surface area contributed by atoms with Gasteiger partial charge in [0, 0.05) is 0 Å². The minimum Gasteiger partial charge on any atom is -0.276 e. The van der Waals surface area contributed by atoms with Crippen LogP contribution in [0.2, 0.25) is 0 Å². The molecule has 8 rings (SSSR count). The molecule has 0 saturated heterocycles. The summed E-state index contributed by atoms with van der Waals surface area (Å²) in [5.41, 5.74) is 9.57. The van der Waals surface area contributed by atoms with Crippen LogP contribution in [-0.2, 0) is 0 Å². The van der Waals surface area contributed by atoms with Crippen LogP contribution < -0.4 is 0 Å². The fourth-order valence-electron chi connectivity index (χ4n) is 5.96. The number of hydrogen-bond donors (Lipinski definition) is 0. The van der Waals surface area contributed by atoms with Gasteiger partial charge in [-0.1, -0.05) is 43.5 Å². The molecule has 0 spiro atoms. The first-order valence-electron chi connectivity index (χ1n) is 11.3. The Labute approximate surface area is 177 Å². The lowest BCUT2D eigenvalue weighted by atomic mass is 9.84. The second kappa shape index (κ2) is 5.55. The van der Waals surface area contributed by atoms with E-state index in [2.05, 4.69) is 73.9 Å². The normalized spacial score (nSPS) is 16.3. The first kappa shape index (κ1) is 16.1. The molecule has 0 unspecified atom stereocenters. The van der Waals surface area contributed by atoms with E-state index in [1.165, 1.54) is 54.2 Å². The van der Waals surface area contributed by atoms with Gasteiger partial charge in [0.25, 0.3) is 0 Å². The highest BCUT2D eigenvalue weighted by molar-refractivity contribution is 6.04. The summed E-state index contributed by atoms with van der Waals surface area (Å²) in [6, 6.07) is 21.8. The molecule has 1 saturated carbocycles. The third-order valence-corrected chi connectivity index (χ3v) is 7.36. The van der Waals surface area contributed by atoms with Gasteiger partial charge >= 0.3 is 0 Å². The molecule has 0 atom stereocenters. The Morgan fingerprint density at radius 2 is 1.16 bits per heavy atom. The molecule has 5 nitrogen and oxygen atoms in total. The summed E-state index contributed by atoms with van der Waals surface area (Å²) in [7, 11) is 0. The molecule has 0 radical (unpaired) electrons. The smallest absolute Gasteiger partial charge is 0.223 e. The molecule has 150 valence electrons. The molecule has 1 fully saturated rings. The predicted octanol–water partition coefficient (Wildman–Crippen LogP) is 6.18. The van der Waals surface area contributed by atoms with Crippen LogP contribution in [0, 0.1) is 0 Å². The zero-order valence-corrected chi connectivity index (χ0v) is 17.1. The summed E-state index contributed by atoms with van der Waals surface area (Å²) in [5.74, 6) is 2.54. The van der Waals surface area contributed by atoms with E-state index in [1.807, 2.05) is 0 Å². The van der Waals surface area contributed by atoms with Crippen molar-refractivity contribution in [3.8, 4) is 0 Å². The molecule has 31 heavy (non-hydrogen) atoms. The van der Waals surface area contributed by atoms with E-state index in [4.69, 9.17) is 9.97 Å². The van der Waals surface area contributed by atoms with Crippen LogP contribution in [0.3, 0.4) is 0 Å². The molecule has 3 aromatic carbocycles. The van der Waals surface area contributed by atoms with E-state index in [-0.39, 0.29) is 0 Å². The van der Waals surface area contributed by atoms with Gasteiger partial charge in [0.1, 0.15) is 5.52 Å². The standard InChI is InChI=1S/C26H21N5/c1-2-8-16(9-3-1)17-14-22-24-23(15-17)30-21-13-7-5-11-19(21)28-26(30)31(24)25-27-18-10-4-6-12-20(18)29(22)25/h4-7,10-16H,1-3,8-9H2. The van der Waals surface area contributed by atoms with Crippen LogP contribution in [0.25, 0.3) is 50.2 Å². The van der Waals surface area contributed by atoms with Crippen LogP contribution in [0.1, 0.15) is 43.6 Å². The average molecular weight is 403 g/mol. The van der Waals surface area contributed by atoms with Gasteiger partial charge in [-0.3, -0.25) is 8.80 Å². The lowest BCUT2D eigenvalue weighted by Crippen LogP contribution is -2.04. The van der Waals surface area contributed by atoms with Gasteiger partial charge in [-0.2, -0.15) is 0 Å². The highest BCUT2D eigenvalue weighted by Crippen LogP contribution is 2.39. The fraction of sp³-hybridized carbons (Fsp3) is 0.231. The van der Waals surface area contributed by atoms with Crippen molar-refractivity contribution in [3.05, 3.63) is 66.2 Å². The molecule has 7 aromatic rings. The second-order valence-corrected chi connectivity index (χ2v) is 9.05. The number of benzene rings is 3. The SMILES string of the molecule is c1ccc2c(c1)nc1n2c2cc(C3CCCCC3)cc3c2n1c1nc2ccccc2n31. The molecule has 5 heteroatoms. The van der Waals surface area contributed by atoms with Gasteiger partial charge in [-0.15, -0.1) is 0 Å². The Morgan fingerprint density at radius 3 is 1.74 bits per heavy atom. The molecular weight excluding hydrogens is 382 g/mol. The third-order valence-electron chi connectivity index (χ3n) is 7.36. The van der Waals surface area contributed by atoms with Crippen LogP contribution in [-0.4, -0.2) is 23.2 Å². The number of rotatable bonds is 1. The largest absolute Gasteiger partial charge is 0.276 e. The van der Waals surface area contributed by atoms with Gasteiger partial charge in [-0.05, 0) is 60.7 Å². The minimum absolute atomic E-state index is 0.640. The summed E-state index contributed by atoms with van der Waals surface area (Å²) in [6.45, 7) is 0. The lowest BCUT2D eigenvalue weighted by molar-refractivity contribution is 0.444. The van der Waals surface area contributed by atoms with Crippen LogP contribution >= 0.6 is 0 Å². The van der Waals surface area contributed by atoms with Gasteiger partial charge in [0.15, 0.2) is 0 Å². The number of nitrogens with zero attached hydrogens (tertiary/aromatic N) is 5. The van der Waals surface area contributed by atoms with Crippen molar-refractivity contribution in [2.45, 2.75) is 38.0 Å². The number of imidazole rings is 4. The summed E-state index contributed by atoms with van der Waals surface area (Å²) >= 11 is 0. The number of fused-ring (bicyclic) bond motifs is 10. The Bertz CT molecular complexity index is 1660. The lowest BCUT2D eigenvalue weighted by Gasteiger charge is -2.22. The van der Waals surface area contributed by atoms with Crippen molar-refractivity contribution < 1.29 is 0 Å². The second-order valence-electron chi connectivity index (χ2n) is 9.05. The van der Waals surface area contributed by atoms with E-state index in [0.29, 0.717) is 5.92 Å². The summed E-state index contributed by atoms with van der Waals surface area (Å²) in [4.78, 5) is 10.1. The molecular formula is C26H21N5. The van der Waals surface area contributed by atoms with Crippen molar-refractivity contribution in [3.63, 3.8) is 0 Å². The Hall–Kier alpha value is -3.60. The first-order valence-corrected chi connectivity index (χ1v) is 11.3. The highest BCUT2D eigenvalue weighted by Gasteiger charge is 2.26. The zero-order valence-electron chi connectivity index (χ0n) is 17.1. The van der Waals surface area contributed by atoms with E-state index < -0.39 is 0 Å². The fourth-order valence-corrected chi connectivity index (χ4v) is 5.96. The van der Waals surface area contributed by atoms with Gasteiger partial charge in [0.05, 0.1) is 33.1 Å². The molecule has 4 heterocycles. The minimum atomic E-state index is 0.640. The predicted molar refractivity (Wildman–Crippen MR) is 124 cm³/mol. The average Bonchev–Trinajstić information content (AvgIpc) is 3.53. The number of hydrogen-bond acceptors (Lipinski definition) is 2. The van der Waals surface area contributed by atoms with E-state index in [1.54, 1.807) is 0 Å². The monoisotopic (exact) mass is 403 g/mol. The molecule has 0 bridgehead atoms. The number of aromatic nitrogens is 5. The Balaban J connectivity index is 1.64. The van der Waals surface area contributed by atoms with Crippen molar-refractivity contribution in [1.29, 1.82) is 0 Å². The quantitative estimate of drug-likeness (QED) is 0.328. The maximum absolute atomic E-state index is 5.04. The van der Waals surface area contributed by atoms with Gasteiger partial charge in [0.2, 0.25) is 11.6 Å². The van der Waals surface area contributed by atoms with Crippen LogP contribution in [0.15, 0.2) is 60.7 Å². The van der Waals surface area contributed by atoms with Gasteiger partial charge < -0.3 is 0 Å². The summed E-state index contributed by atoms with van der Waals surface area (Å²) < 4.78 is 6.93. The summed E-state index contributed by atoms with van der Waals surface area (Å²) in [6.07, 6.45) is 6.62. The molecule has 1 aliphatic rings. The summed E-state index contributed by atoms with van der Waals surface area (Å²) in [5, 5.41) is 0. The molecule has 1 aliphatic carbocycles. The molecule has 4 aromatic heterocycles. The van der Waals surface area contributed by atoms with E-state index in [0.717, 1.165) is 33.6 Å².